The van der Waals surface area contributed by atoms with Crippen molar-refractivity contribution < 1.29 is 0 Å². The number of pyridine rings is 1. The van der Waals surface area contributed by atoms with Gasteiger partial charge < -0.3 is 5.32 Å². The summed E-state index contributed by atoms with van der Waals surface area (Å²) in [6.45, 7) is 8.04. The standard InChI is InChI=1S/C18H27N5/c1-13(2)22-10-4-6-17(22)23-16(11-14-7-9-19-12-14)21-15-5-3-8-20-18(15)23/h3,5,8,13-14,17,19H,4,6-7,9-12H2,1-2H3. The van der Waals surface area contributed by atoms with Crippen LogP contribution in [0.25, 0.3) is 11.2 Å². The molecule has 2 aromatic rings. The van der Waals surface area contributed by atoms with Gasteiger partial charge in [-0.1, -0.05) is 0 Å². The van der Waals surface area contributed by atoms with Crippen LogP contribution in [0.2, 0.25) is 0 Å². The third kappa shape index (κ3) is 2.76. The lowest BCUT2D eigenvalue weighted by molar-refractivity contribution is 0.151. The molecule has 5 nitrogen and oxygen atoms in total. The van der Waals surface area contributed by atoms with E-state index in [0.717, 1.165) is 30.7 Å². The Morgan fingerprint density at radius 2 is 2.26 bits per heavy atom. The Morgan fingerprint density at radius 3 is 3.04 bits per heavy atom. The van der Waals surface area contributed by atoms with E-state index in [1.165, 1.54) is 31.6 Å². The zero-order valence-electron chi connectivity index (χ0n) is 14.2. The van der Waals surface area contributed by atoms with Crippen LogP contribution in [0.4, 0.5) is 0 Å². The number of fused-ring (bicyclic) bond motifs is 1. The smallest absolute Gasteiger partial charge is 0.161 e. The van der Waals surface area contributed by atoms with Gasteiger partial charge in [0.2, 0.25) is 0 Å². The van der Waals surface area contributed by atoms with Gasteiger partial charge in [-0.05, 0) is 64.3 Å². The molecule has 0 saturated carbocycles. The minimum Gasteiger partial charge on any atom is -0.316 e. The molecule has 2 saturated heterocycles. The zero-order chi connectivity index (χ0) is 15.8. The Bertz CT molecular complexity index is 671. The molecule has 2 atom stereocenters. The SMILES string of the molecule is CC(C)N1CCCC1n1c(CC2CCNC2)nc2cccnc21. The second kappa shape index (κ2) is 6.21. The molecule has 0 aliphatic carbocycles. The molecule has 0 aromatic carbocycles. The minimum absolute atomic E-state index is 0.416. The summed E-state index contributed by atoms with van der Waals surface area (Å²) in [5.41, 5.74) is 2.11. The van der Waals surface area contributed by atoms with Gasteiger partial charge in [0, 0.05) is 25.2 Å². The molecule has 0 spiro atoms. The average molecular weight is 313 g/mol. The van der Waals surface area contributed by atoms with Gasteiger partial charge in [-0.3, -0.25) is 9.47 Å². The summed E-state index contributed by atoms with van der Waals surface area (Å²) in [5.74, 6) is 1.93. The van der Waals surface area contributed by atoms with Crippen molar-refractivity contribution >= 4 is 11.2 Å². The van der Waals surface area contributed by atoms with Crippen LogP contribution in [-0.4, -0.2) is 45.1 Å². The van der Waals surface area contributed by atoms with Crippen molar-refractivity contribution in [3.05, 3.63) is 24.2 Å². The lowest BCUT2D eigenvalue weighted by Crippen LogP contribution is -2.34. The normalized spacial score (nSPS) is 25.9. The van der Waals surface area contributed by atoms with Crippen LogP contribution in [-0.2, 0) is 6.42 Å². The molecule has 2 aromatic heterocycles. The molecule has 0 bridgehead atoms. The van der Waals surface area contributed by atoms with E-state index in [1.807, 2.05) is 12.3 Å². The highest BCUT2D eigenvalue weighted by molar-refractivity contribution is 5.71. The van der Waals surface area contributed by atoms with Gasteiger partial charge in [-0.25, -0.2) is 9.97 Å². The molecular weight excluding hydrogens is 286 g/mol. The Hall–Kier alpha value is -1.46. The quantitative estimate of drug-likeness (QED) is 0.942. The number of rotatable bonds is 4. The fraction of sp³-hybridized carbons (Fsp3) is 0.667. The number of aromatic nitrogens is 3. The van der Waals surface area contributed by atoms with Crippen LogP contribution < -0.4 is 5.32 Å². The topological polar surface area (TPSA) is 46.0 Å². The monoisotopic (exact) mass is 313 g/mol. The lowest BCUT2D eigenvalue weighted by Gasteiger charge is -2.30. The van der Waals surface area contributed by atoms with Gasteiger partial charge >= 0.3 is 0 Å². The highest BCUT2D eigenvalue weighted by atomic mass is 15.4. The van der Waals surface area contributed by atoms with E-state index in [2.05, 4.69) is 39.7 Å². The van der Waals surface area contributed by atoms with Crippen molar-refractivity contribution in [1.82, 2.24) is 24.8 Å². The molecular formula is C18H27N5. The number of imidazole rings is 1. The molecule has 4 rings (SSSR count). The van der Waals surface area contributed by atoms with Gasteiger partial charge in [0.1, 0.15) is 11.3 Å². The molecule has 2 aliphatic rings. The van der Waals surface area contributed by atoms with Crippen molar-refractivity contribution in [2.24, 2.45) is 5.92 Å². The van der Waals surface area contributed by atoms with Crippen LogP contribution in [0, 0.1) is 5.92 Å². The van der Waals surface area contributed by atoms with Gasteiger partial charge in [-0.15, -0.1) is 0 Å². The molecule has 2 fully saturated rings. The van der Waals surface area contributed by atoms with Crippen LogP contribution in [0.5, 0.6) is 0 Å². The second-order valence-electron chi connectivity index (χ2n) is 7.26. The number of nitrogens with zero attached hydrogens (tertiary/aromatic N) is 4. The summed E-state index contributed by atoms with van der Waals surface area (Å²) in [5, 5.41) is 3.48. The first-order valence-corrected chi connectivity index (χ1v) is 9.02. The highest BCUT2D eigenvalue weighted by Gasteiger charge is 2.32. The third-order valence-corrected chi connectivity index (χ3v) is 5.38. The third-order valence-electron chi connectivity index (χ3n) is 5.38. The number of likely N-dealkylation sites (tertiary alicyclic amines) is 1. The molecule has 1 N–H and O–H groups in total. The Labute approximate surface area is 138 Å². The number of nitrogens with one attached hydrogen (secondary N) is 1. The molecule has 23 heavy (non-hydrogen) atoms. The zero-order valence-corrected chi connectivity index (χ0v) is 14.2. The summed E-state index contributed by atoms with van der Waals surface area (Å²) >= 11 is 0. The first kappa shape index (κ1) is 15.1. The molecule has 4 heterocycles. The fourth-order valence-corrected chi connectivity index (χ4v) is 4.23. The van der Waals surface area contributed by atoms with E-state index in [1.54, 1.807) is 0 Å². The molecule has 2 aliphatic heterocycles. The molecule has 0 amide bonds. The largest absolute Gasteiger partial charge is 0.316 e. The van der Waals surface area contributed by atoms with Crippen molar-refractivity contribution in [1.29, 1.82) is 0 Å². The van der Waals surface area contributed by atoms with Crippen molar-refractivity contribution in [2.45, 2.75) is 51.7 Å². The fourth-order valence-electron chi connectivity index (χ4n) is 4.23. The van der Waals surface area contributed by atoms with E-state index in [0.29, 0.717) is 18.1 Å². The summed E-state index contributed by atoms with van der Waals surface area (Å²) in [6.07, 6.45) is 7.10. The predicted molar refractivity (Wildman–Crippen MR) is 92.3 cm³/mol. The second-order valence-corrected chi connectivity index (χ2v) is 7.26. The molecule has 124 valence electrons. The summed E-state index contributed by atoms with van der Waals surface area (Å²) in [7, 11) is 0. The maximum Gasteiger partial charge on any atom is 0.161 e. The number of hydrogen-bond acceptors (Lipinski definition) is 4. The van der Waals surface area contributed by atoms with Crippen LogP contribution in [0.1, 0.15) is 45.1 Å². The van der Waals surface area contributed by atoms with Crippen LogP contribution in [0.3, 0.4) is 0 Å². The van der Waals surface area contributed by atoms with Gasteiger partial charge in [-0.2, -0.15) is 0 Å². The highest BCUT2D eigenvalue weighted by Crippen LogP contribution is 2.33. The summed E-state index contributed by atoms with van der Waals surface area (Å²) < 4.78 is 2.45. The predicted octanol–water partition coefficient (Wildman–Crippen LogP) is 2.59. The van der Waals surface area contributed by atoms with E-state index in [9.17, 15) is 0 Å². The molecule has 2 unspecified atom stereocenters. The van der Waals surface area contributed by atoms with Crippen LogP contribution >= 0.6 is 0 Å². The maximum absolute atomic E-state index is 4.96. The van der Waals surface area contributed by atoms with Gasteiger partial charge in [0.15, 0.2) is 5.65 Å². The maximum atomic E-state index is 4.96. The first-order chi connectivity index (χ1) is 11.2. The first-order valence-electron chi connectivity index (χ1n) is 9.02. The van der Waals surface area contributed by atoms with Gasteiger partial charge in [0.25, 0.3) is 0 Å². The minimum atomic E-state index is 0.416. The summed E-state index contributed by atoms with van der Waals surface area (Å²) in [4.78, 5) is 12.2. The Morgan fingerprint density at radius 1 is 1.35 bits per heavy atom. The van der Waals surface area contributed by atoms with Crippen molar-refractivity contribution in [3.8, 4) is 0 Å². The number of hydrogen-bond donors (Lipinski definition) is 1. The van der Waals surface area contributed by atoms with Crippen LogP contribution in [0.15, 0.2) is 18.3 Å². The Kier molecular flexibility index (Phi) is 4.07. The van der Waals surface area contributed by atoms with E-state index >= 15 is 0 Å². The molecule has 0 radical (unpaired) electrons. The summed E-state index contributed by atoms with van der Waals surface area (Å²) in [6, 6.07) is 4.66. The average Bonchev–Trinajstić information content (AvgIpc) is 3.25. The van der Waals surface area contributed by atoms with Gasteiger partial charge in [0.05, 0.1) is 6.17 Å². The lowest BCUT2D eigenvalue weighted by atomic mass is 10.0. The van der Waals surface area contributed by atoms with Crippen molar-refractivity contribution in [3.63, 3.8) is 0 Å². The van der Waals surface area contributed by atoms with E-state index in [-0.39, 0.29) is 0 Å². The molecule has 5 heteroatoms. The van der Waals surface area contributed by atoms with E-state index in [4.69, 9.17) is 4.98 Å². The van der Waals surface area contributed by atoms with Crippen molar-refractivity contribution in [2.75, 3.05) is 19.6 Å². The Balaban J connectivity index is 1.75. The van der Waals surface area contributed by atoms with E-state index < -0.39 is 0 Å².